The maximum Gasteiger partial charge on any atom is 0.434 e. The molecule has 0 aromatic heterocycles. The number of amides is 1. The molecule has 1 heterocycles. The Bertz CT molecular complexity index is 1400. The summed E-state index contributed by atoms with van der Waals surface area (Å²) in [5, 5.41) is 0. The summed E-state index contributed by atoms with van der Waals surface area (Å²) in [6, 6.07) is 9.94. The SMILES string of the molecule is COc1ccc(CN(CCOCC(=O)OC(C)(C)C)c2cc(C(F)(F)F)ccc2CN2CCN(C(=O)OC(C(F)(F)F)C(F)(F)F)CC2)cc1. The maximum atomic E-state index is 13.9. The van der Waals surface area contributed by atoms with Crippen LogP contribution in [0.15, 0.2) is 42.5 Å². The van der Waals surface area contributed by atoms with E-state index in [2.05, 4.69) is 4.74 Å². The summed E-state index contributed by atoms with van der Waals surface area (Å²) in [5.74, 6) is -0.0783. The number of anilines is 1. The number of hydrogen-bond acceptors (Lipinski definition) is 8. The van der Waals surface area contributed by atoms with Gasteiger partial charge in [0.2, 0.25) is 0 Å². The highest BCUT2D eigenvalue weighted by molar-refractivity contribution is 5.71. The van der Waals surface area contributed by atoms with Crippen LogP contribution in [0.4, 0.5) is 50.0 Å². The van der Waals surface area contributed by atoms with Crippen molar-refractivity contribution in [3.63, 3.8) is 0 Å². The molecule has 0 aliphatic carbocycles. The quantitative estimate of drug-likeness (QED) is 0.134. The lowest BCUT2D eigenvalue weighted by Gasteiger charge is -2.36. The van der Waals surface area contributed by atoms with Gasteiger partial charge in [0.15, 0.2) is 0 Å². The first kappa shape index (κ1) is 40.5. The van der Waals surface area contributed by atoms with E-state index in [1.54, 1.807) is 54.8 Å². The highest BCUT2D eigenvalue weighted by Gasteiger charge is 2.60. The van der Waals surface area contributed by atoms with E-state index in [-0.39, 0.29) is 58.1 Å². The Morgan fingerprint density at radius 2 is 1.46 bits per heavy atom. The molecule has 3 rings (SSSR count). The van der Waals surface area contributed by atoms with Crippen LogP contribution in [0.3, 0.4) is 0 Å². The summed E-state index contributed by atoms with van der Waals surface area (Å²) in [4.78, 5) is 28.4. The minimum atomic E-state index is -5.87. The smallest absolute Gasteiger partial charge is 0.434 e. The van der Waals surface area contributed by atoms with Crippen molar-refractivity contribution in [2.45, 2.75) is 64.1 Å². The molecule has 1 aliphatic rings. The van der Waals surface area contributed by atoms with Crippen LogP contribution in [0.25, 0.3) is 0 Å². The zero-order chi connectivity index (χ0) is 37.5. The molecule has 0 radical (unpaired) electrons. The second-order valence-electron chi connectivity index (χ2n) is 12.4. The van der Waals surface area contributed by atoms with Crippen molar-refractivity contribution in [1.29, 1.82) is 0 Å². The van der Waals surface area contributed by atoms with Crippen molar-refractivity contribution < 1.29 is 68.1 Å². The number of hydrogen-bond donors (Lipinski definition) is 0. The van der Waals surface area contributed by atoms with Crippen molar-refractivity contribution in [3.8, 4) is 5.75 Å². The van der Waals surface area contributed by atoms with Gasteiger partial charge in [-0.1, -0.05) is 18.2 Å². The Hall–Kier alpha value is -3.93. The number of carbonyl (C=O) groups is 2. The molecule has 2 aromatic rings. The van der Waals surface area contributed by atoms with Crippen molar-refractivity contribution in [3.05, 3.63) is 59.2 Å². The minimum Gasteiger partial charge on any atom is -0.497 e. The van der Waals surface area contributed by atoms with E-state index in [0.29, 0.717) is 21.8 Å². The molecule has 0 atom stereocenters. The van der Waals surface area contributed by atoms with Gasteiger partial charge in [0.05, 0.1) is 19.3 Å². The Kier molecular flexibility index (Phi) is 13.3. The second-order valence-corrected chi connectivity index (χ2v) is 12.4. The molecule has 0 N–H and O–H groups in total. The largest absolute Gasteiger partial charge is 0.497 e. The Balaban J connectivity index is 1.82. The molecule has 1 saturated heterocycles. The normalized spacial score (nSPS) is 14.9. The third-order valence-corrected chi connectivity index (χ3v) is 7.27. The van der Waals surface area contributed by atoms with Crippen LogP contribution >= 0.6 is 0 Å². The van der Waals surface area contributed by atoms with Gasteiger partial charge in [-0.15, -0.1) is 0 Å². The van der Waals surface area contributed by atoms with E-state index in [1.807, 2.05) is 0 Å². The highest BCUT2D eigenvalue weighted by Crippen LogP contribution is 2.37. The van der Waals surface area contributed by atoms with E-state index in [1.165, 1.54) is 13.2 Å². The molecule has 1 amide bonds. The van der Waals surface area contributed by atoms with Gasteiger partial charge in [0.25, 0.3) is 6.10 Å². The minimum absolute atomic E-state index is 0.0158. The van der Waals surface area contributed by atoms with Crippen molar-refractivity contribution >= 4 is 17.7 Å². The lowest BCUT2D eigenvalue weighted by molar-refractivity contribution is -0.308. The first-order valence-electron chi connectivity index (χ1n) is 15.3. The highest BCUT2D eigenvalue weighted by atomic mass is 19.4. The van der Waals surface area contributed by atoms with Crippen LogP contribution in [0.2, 0.25) is 0 Å². The zero-order valence-electron chi connectivity index (χ0n) is 27.7. The Labute approximate surface area is 282 Å². The molecule has 0 spiro atoms. The van der Waals surface area contributed by atoms with Gasteiger partial charge in [-0.05, 0) is 56.2 Å². The van der Waals surface area contributed by atoms with Gasteiger partial charge < -0.3 is 28.7 Å². The van der Waals surface area contributed by atoms with Crippen molar-refractivity contribution in [2.24, 2.45) is 0 Å². The summed E-state index contributed by atoms with van der Waals surface area (Å²) >= 11 is 0. The van der Waals surface area contributed by atoms with Crippen molar-refractivity contribution in [1.82, 2.24) is 9.80 Å². The van der Waals surface area contributed by atoms with Crippen LogP contribution in [-0.2, 0) is 38.3 Å². The van der Waals surface area contributed by atoms with Gasteiger partial charge in [-0.2, -0.15) is 39.5 Å². The fourth-order valence-corrected chi connectivity index (χ4v) is 4.93. The predicted molar refractivity (Wildman–Crippen MR) is 161 cm³/mol. The molecule has 18 heteroatoms. The molecular weight excluding hydrogens is 693 g/mol. The molecule has 1 fully saturated rings. The average molecular weight is 732 g/mol. The molecule has 1 aliphatic heterocycles. The predicted octanol–water partition coefficient (Wildman–Crippen LogP) is 6.83. The molecule has 0 bridgehead atoms. The van der Waals surface area contributed by atoms with Crippen LogP contribution in [-0.4, -0.2) is 99.0 Å². The van der Waals surface area contributed by atoms with Gasteiger partial charge in [0, 0.05) is 51.5 Å². The Morgan fingerprint density at radius 1 is 0.860 bits per heavy atom. The Morgan fingerprint density at radius 3 is 1.98 bits per heavy atom. The summed E-state index contributed by atoms with van der Waals surface area (Å²) < 4.78 is 139. The topological polar surface area (TPSA) is 80.8 Å². The van der Waals surface area contributed by atoms with E-state index in [0.717, 1.165) is 12.1 Å². The molecule has 9 nitrogen and oxygen atoms in total. The zero-order valence-corrected chi connectivity index (χ0v) is 27.7. The molecule has 2 aromatic carbocycles. The summed E-state index contributed by atoms with van der Waals surface area (Å²) in [7, 11) is 1.47. The van der Waals surface area contributed by atoms with Crippen molar-refractivity contribution in [2.75, 3.05) is 57.9 Å². The fraction of sp³-hybridized carbons (Fsp3) is 0.562. The third-order valence-electron chi connectivity index (χ3n) is 7.27. The number of halogens is 9. The number of alkyl halides is 9. The van der Waals surface area contributed by atoms with Crippen LogP contribution < -0.4 is 9.64 Å². The number of nitrogens with zero attached hydrogens (tertiary/aromatic N) is 3. The standard InChI is InChI=1S/C32H38F9N3O6/c1-29(2,3)50-26(45)20-48-16-15-44(18-21-5-9-24(47-4)10-6-21)25-17-23(30(33,34)35)8-7-22(25)19-42-11-13-43(14-12-42)28(46)49-27(31(36,37)38)32(39,40)41/h5-10,17,27H,11-16,18-20H2,1-4H3. The van der Waals surface area contributed by atoms with Gasteiger partial charge in [0.1, 0.15) is 18.0 Å². The number of esters is 1. The second kappa shape index (κ2) is 16.4. The number of carbonyl (C=O) groups excluding carboxylic acids is 2. The van der Waals surface area contributed by atoms with E-state index in [9.17, 15) is 49.1 Å². The fourth-order valence-electron chi connectivity index (χ4n) is 4.93. The number of rotatable bonds is 12. The summed E-state index contributed by atoms with van der Waals surface area (Å²) in [6.45, 7) is 4.04. The molecular formula is C32H38F9N3O6. The number of ether oxygens (including phenoxy) is 4. The lowest BCUT2D eigenvalue weighted by Crippen LogP contribution is -2.52. The number of benzene rings is 2. The first-order chi connectivity index (χ1) is 23.1. The monoisotopic (exact) mass is 731 g/mol. The number of methoxy groups -OCH3 is 1. The molecule has 0 saturated carbocycles. The summed E-state index contributed by atoms with van der Waals surface area (Å²) in [5.41, 5.74) is -0.430. The van der Waals surface area contributed by atoms with E-state index in [4.69, 9.17) is 14.2 Å². The molecule has 50 heavy (non-hydrogen) atoms. The van der Waals surface area contributed by atoms with Crippen LogP contribution in [0.1, 0.15) is 37.5 Å². The first-order valence-corrected chi connectivity index (χ1v) is 15.3. The van der Waals surface area contributed by atoms with Gasteiger partial charge in [-0.3, -0.25) is 4.90 Å². The van der Waals surface area contributed by atoms with Gasteiger partial charge >= 0.3 is 30.6 Å². The van der Waals surface area contributed by atoms with Crippen LogP contribution in [0.5, 0.6) is 5.75 Å². The molecule has 280 valence electrons. The number of piperazine rings is 1. The van der Waals surface area contributed by atoms with Gasteiger partial charge in [-0.25, -0.2) is 9.59 Å². The maximum absolute atomic E-state index is 13.9. The average Bonchev–Trinajstić information content (AvgIpc) is 2.99. The third kappa shape index (κ3) is 12.4. The van der Waals surface area contributed by atoms with E-state index >= 15 is 0 Å². The van der Waals surface area contributed by atoms with Crippen LogP contribution in [0, 0.1) is 0 Å². The molecule has 0 unspecified atom stereocenters. The summed E-state index contributed by atoms with van der Waals surface area (Å²) in [6.07, 6.45) is -22.5. The lowest BCUT2D eigenvalue weighted by atomic mass is 10.0. The van der Waals surface area contributed by atoms with E-state index < -0.39 is 54.5 Å².